The molecule has 94 valence electrons. The highest BCUT2D eigenvalue weighted by Crippen LogP contribution is 2.39. The number of hydrogen-bond acceptors (Lipinski definition) is 6. The van der Waals surface area contributed by atoms with Crippen LogP contribution in [0.25, 0.3) is 0 Å². The summed E-state index contributed by atoms with van der Waals surface area (Å²) in [6, 6.07) is 0. The minimum absolute atomic E-state index is 0.511. The normalized spacial score (nSPS) is 14.7. The Labute approximate surface area is 109 Å². The number of thiazole rings is 1. The zero-order valence-electron chi connectivity index (χ0n) is 10.2. The SMILES string of the molecule is Cc1c(N)nc(C2CC2)nc1NCc1cncs1. The largest absolute Gasteiger partial charge is 0.383 e. The first-order valence-electron chi connectivity index (χ1n) is 5.99. The standard InChI is InChI=1S/C12H15N5S/c1-7-10(13)16-12(8-2-3-8)17-11(7)15-5-9-4-14-6-18-9/h4,6,8H,2-3,5H2,1H3,(H3,13,15,16,17). The van der Waals surface area contributed by atoms with Crippen LogP contribution < -0.4 is 11.1 Å². The number of rotatable bonds is 4. The number of anilines is 2. The van der Waals surface area contributed by atoms with E-state index < -0.39 is 0 Å². The number of nitrogen functional groups attached to an aromatic ring is 1. The van der Waals surface area contributed by atoms with Crippen molar-refractivity contribution >= 4 is 23.0 Å². The molecule has 0 amide bonds. The summed E-state index contributed by atoms with van der Waals surface area (Å²) in [6.07, 6.45) is 4.22. The lowest BCUT2D eigenvalue weighted by Gasteiger charge is -2.11. The van der Waals surface area contributed by atoms with Crippen LogP contribution in [0.5, 0.6) is 0 Å². The Kier molecular flexibility index (Phi) is 2.87. The lowest BCUT2D eigenvalue weighted by atomic mass is 10.3. The third-order valence-electron chi connectivity index (χ3n) is 3.06. The summed E-state index contributed by atoms with van der Waals surface area (Å²) in [5.41, 5.74) is 8.68. The van der Waals surface area contributed by atoms with Crippen LogP contribution >= 0.6 is 11.3 Å². The number of nitrogens with zero attached hydrogens (tertiary/aromatic N) is 3. The first kappa shape index (κ1) is 11.4. The molecule has 5 nitrogen and oxygen atoms in total. The topological polar surface area (TPSA) is 76.7 Å². The molecule has 2 aromatic heterocycles. The summed E-state index contributed by atoms with van der Waals surface area (Å²) in [5.74, 6) is 2.82. The highest BCUT2D eigenvalue weighted by molar-refractivity contribution is 7.09. The third-order valence-corrected chi connectivity index (χ3v) is 3.84. The van der Waals surface area contributed by atoms with Crippen molar-refractivity contribution in [3.05, 3.63) is 28.0 Å². The van der Waals surface area contributed by atoms with Crippen molar-refractivity contribution in [1.82, 2.24) is 15.0 Å². The summed E-state index contributed by atoms with van der Waals surface area (Å²) >= 11 is 1.63. The monoisotopic (exact) mass is 261 g/mol. The molecule has 6 heteroatoms. The second-order valence-electron chi connectivity index (χ2n) is 4.54. The van der Waals surface area contributed by atoms with Gasteiger partial charge in [-0.25, -0.2) is 9.97 Å². The second-order valence-corrected chi connectivity index (χ2v) is 5.51. The van der Waals surface area contributed by atoms with Gasteiger partial charge in [0.05, 0.1) is 12.1 Å². The Bertz CT molecular complexity index is 548. The van der Waals surface area contributed by atoms with Crippen molar-refractivity contribution in [3.8, 4) is 0 Å². The number of nitrogens with two attached hydrogens (primary N) is 1. The fourth-order valence-electron chi connectivity index (χ4n) is 1.75. The fourth-order valence-corrected chi connectivity index (χ4v) is 2.28. The molecule has 0 aromatic carbocycles. The van der Waals surface area contributed by atoms with Gasteiger partial charge in [-0.2, -0.15) is 0 Å². The maximum Gasteiger partial charge on any atom is 0.136 e. The molecule has 1 saturated carbocycles. The Hall–Kier alpha value is -1.69. The predicted molar refractivity (Wildman–Crippen MR) is 72.6 cm³/mol. The van der Waals surface area contributed by atoms with Crippen LogP contribution in [0.3, 0.4) is 0 Å². The summed E-state index contributed by atoms with van der Waals surface area (Å²) in [4.78, 5) is 14.2. The van der Waals surface area contributed by atoms with Crippen molar-refractivity contribution < 1.29 is 0 Å². The molecular weight excluding hydrogens is 246 g/mol. The summed E-state index contributed by atoms with van der Waals surface area (Å²) in [5, 5.41) is 3.32. The van der Waals surface area contributed by atoms with Gasteiger partial charge in [-0.15, -0.1) is 11.3 Å². The molecule has 1 fully saturated rings. The molecule has 1 aliphatic rings. The lowest BCUT2D eigenvalue weighted by Crippen LogP contribution is -2.08. The number of hydrogen-bond donors (Lipinski definition) is 2. The quantitative estimate of drug-likeness (QED) is 0.883. The maximum absolute atomic E-state index is 5.94. The summed E-state index contributed by atoms with van der Waals surface area (Å²) in [7, 11) is 0. The van der Waals surface area contributed by atoms with Crippen LogP contribution in [0.15, 0.2) is 11.7 Å². The highest BCUT2D eigenvalue weighted by atomic mass is 32.1. The third kappa shape index (κ3) is 2.28. The Morgan fingerprint density at radius 1 is 1.44 bits per heavy atom. The van der Waals surface area contributed by atoms with Crippen LogP contribution in [-0.2, 0) is 6.54 Å². The average molecular weight is 261 g/mol. The van der Waals surface area contributed by atoms with E-state index >= 15 is 0 Å². The minimum Gasteiger partial charge on any atom is -0.383 e. The second kappa shape index (κ2) is 4.53. The van der Waals surface area contributed by atoms with E-state index in [0.29, 0.717) is 11.7 Å². The van der Waals surface area contributed by atoms with Gasteiger partial charge in [0.1, 0.15) is 17.5 Å². The van der Waals surface area contributed by atoms with E-state index in [0.717, 1.165) is 23.8 Å². The molecule has 0 bridgehead atoms. The van der Waals surface area contributed by atoms with Gasteiger partial charge < -0.3 is 11.1 Å². The van der Waals surface area contributed by atoms with Crippen LogP contribution in [0, 0.1) is 6.92 Å². The fraction of sp³-hybridized carbons (Fsp3) is 0.417. The molecule has 0 radical (unpaired) electrons. The van der Waals surface area contributed by atoms with E-state index in [1.165, 1.54) is 17.7 Å². The Morgan fingerprint density at radius 3 is 2.94 bits per heavy atom. The van der Waals surface area contributed by atoms with Crippen LogP contribution in [0.2, 0.25) is 0 Å². The van der Waals surface area contributed by atoms with Crippen LogP contribution in [0.1, 0.15) is 35.0 Å². The molecule has 2 heterocycles. The molecule has 0 unspecified atom stereocenters. The first-order valence-corrected chi connectivity index (χ1v) is 6.87. The van der Waals surface area contributed by atoms with E-state index in [1.54, 1.807) is 11.3 Å². The zero-order chi connectivity index (χ0) is 12.5. The lowest BCUT2D eigenvalue weighted by molar-refractivity contribution is 0.918. The van der Waals surface area contributed by atoms with Gasteiger partial charge in [-0.05, 0) is 19.8 Å². The van der Waals surface area contributed by atoms with Crippen LogP contribution in [0.4, 0.5) is 11.6 Å². The highest BCUT2D eigenvalue weighted by Gasteiger charge is 2.27. The van der Waals surface area contributed by atoms with Crippen LogP contribution in [-0.4, -0.2) is 15.0 Å². The first-order chi connectivity index (χ1) is 8.74. The predicted octanol–water partition coefficient (Wildman–Crippen LogP) is 2.31. The van der Waals surface area contributed by atoms with Gasteiger partial charge in [-0.3, -0.25) is 4.98 Å². The van der Waals surface area contributed by atoms with Gasteiger partial charge >= 0.3 is 0 Å². The van der Waals surface area contributed by atoms with Gasteiger partial charge in [0.2, 0.25) is 0 Å². The van der Waals surface area contributed by atoms with E-state index in [-0.39, 0.29) is 0 Å². The minimum atomic E-state index is 0.511. The van der Waals surface area contributed by atoms with Gasteiger partial charge in [-0.1, -0.05) is 0 Å². The zero-order valence-corrected chi connectivity index (χ0v) is 11.0. The van der Waals surface area contributed by atoms with E-state index in [4.69, 9.17) is 5.73 Å². The molecule has 1 aliphatic carbocycles. The summed E-state index contributed by atoms with van der Waals surface area (Å²) in [6.45, 7) is 2.67. The van der Waals surface area contributed by atoms with Crippen molar-refractivity contribution in [2.75, 3.05) is 11.1 Å². The van der Waals surface area contributed by atoms with Crippen molar-refractivity contribution in [3.63, 3.8) is 0 Å². The molecule has 3 rings (SSSR count). The van der Waals surface area contributed by atoms with Crippen molar-refractivity contribution in [2.45, 2.75) is 32.2 Å². The smallest absolute Gasteiger partial charge is 0.136 e. The maximum atomic E-state index is 5.94. The Balaban J connectivity index is 1.81. The van der Waals surface area contributed by atoms with E-state index in [2.05, 4.69) is 20.3 Å². The molecule has 0 atom stereocenters. The summed E-state index contributed by atoms with van der Waals surface area (Å²) < 4.78 is 0. The number of aromatic nitrogens is 3. The molecule has 3 N–H and O–H groups in total. The molecule has 0 aliphatic heterocycles. The van der Waals surface area contributed by atoms with Crippen molar-refractivity contribution in [2.24, 2.45) is 0 Å². The van der Waals surface area contributed by atoms with Gasteiger partial charge in [0, 0.05) is 22.6 Å². The molecule has 2 aromatic rings. The van der Waals surface area contributed by atoms with Gasteiger partial charge in [0.25, 0.3) is 0 Å². The molecule has 0 spiro atoms. The molecule has 0 saturated heterocycles. The average Bonchev–Trinajstić information content (AvgIpc) is 3.08. The number of nitrogens with one attached hydrogen (secondary N) is 1. The molecule has 18 heavy (non-hydrogen) atoms. The molecular formula is C12H15N5S. The van der Waals surface area contributed by atoms with E-state index in [1.807, 2.05) is 18.6 Å². The van der Waals surface area contributed by atoms with Gasteiger partial charge in [0.15, 0.2) is 0 Å². The van der Waals surface area contributed by atoms with E-state index in [9.17, 15) is 0 Å². The van der Waals surface area contributed by atoms with Crippen molar-refractivity contribution in [1.29, 1.82) is 0 Å². The Morgan fingerprint density at radius 2 is 2.28 bits per heavy atom.